The highest BCUT2D eigenvalue weighted by Crippen LogP contribution is 2.29. The molecule has 1 heterocycles. The Kier molecular flexibility index (Phi) is 5.51. The lowest BCUT2D eigenvalue weighted by atomic mass is 10.2. The number of ether oxygens (including phenoxy) is 1. The van der Waals surface area contributed by atoms with E-state index in [2.05, 4.69) is 14.9 Å². The monoisotopic (exact) mass is 384 g/mol. The van der Waals surface area contributed by atoms with Crippen LogP contribution < -0.4 is 0 Å². The Labute approximate surface area is 159 Å². The third-order valence-electron chi connectivity index (χ3n) is 3.81. The van der Waals surface area contributed by atoms with Gasteiger partial charge in [-0.05, 0) is 31.2 Å². The van der Waals surface area contributed by atoms with Gasteiger partial charge in [-0.25, -0.2) is 0 Å². The predicted molar refractivity (Wildman–Crippen MR) is 101 cm³/mol. The van der Waals surface area contributed by atoms with Gasteiger partial charge in [0.25, 0.3) is 5.69 Å². The van der Waals surface area contributed by atoms with Gasteiger partial charge in [0.15, 0.2) is 11.0 Å². The van der Waals surface area contributed by atoms with E-state index in [4.69, 9.17) is 0 Å². The van der Waals surface area contributed by atoms with Gasteiger partial charge in [-0.1, -0.05) is 29.5 Å². The molecule has 8 nitrogen and oxygen atoms in total. The van der Waals surface area contributed by atoms with E-state index in [0.717, 1.165) is 11.3 Å². The summed E-state index contributed by atoms with van der Waals surface area (Å²) in [5, 5.41) is 19.8. The summed E-state index contributed by atoms with van der Waals surface area (Å²) in [7, 11) is 1.33. The normalized spacial score (nSPS) is 10.6. The van der Waals surface area contributed by atoms with E-state index >= 15 is 0 Å². The van der Waals surface area contributed by atoms with Gasteiger partial charge >= 0.3 is 5.97 Å². The first-order chi connectivity index (χ1) is 13.0. The number of nitro groups is 1. The lowest BCUT2D eigenvalue weighted by Crippen LogP contribution is -2.05. The molecule has 3 rings (SSSR count). The van der Waals surface area contributed by atoms with Crippen LogP contribution in [0.5, 0.6) is 0 Å². The van der Waals surface area contributed by atoms with Crippen molar-refractivity contribution in [3.63, 3.8) is 0 Å². The van der Waals surface area contributed by atoms with Crippen LogP contribution in [0.3, 0.4) is 0 Å². The first-order valence-electron chi connectivity index (χ1n) is 7.96. The highest BCUT2D eigenvalue weighted by atomic mass is 32.2. The maximum Gasteiger partial charge on any atom is 0.316 e. The molecule has 0 aliphatic rings. The number of methoxy groups -OCH3 is 1. The molecule has 0 bridgehead atoms. The Balaban J connectivity index is 2.05. The number of esters is 1. The number of aryl methyl sites for hydroxylation is 1. The molecule has 0 radical (unpaired) electrons. The number of carbonyl (C=O) groups is 1. The van der Waals surface area contributed by atoms with Crippen LogP contribution in [0.2, 0.25) is 0 Å². The Bertz CT molecular complexity index is 968. The molecule has 2 aromatic carbocycles. The van der Waals surface area contributed by atoms with Crippen LogP contribution in [0.25, 0.3) is 17.1 Å². The van der Waals surface area contributed by atoms with Crippen molar-refractivity contribution in [2.45, 2.75) is 12.1 Å². The summed E-state index contributed by atoms with van der Waals surface area (Å²) < 4.78 is 6.49. The topological polar surface area (TPSA) is 100 Å². The highest BCUT2D eigenvalue weighted by molar-refractivity contribution is 7.99. The lowest BCUT2D eigenvalue weighted by molar-refractivity contribution is -0.384. The van der Waals surface area contributed by atoms with Crippen molar-refractivity contribution < 1.29 is 14.5 Å². The van der Waals surface area contributed by atoms with Crippen molar-refractivity contribution in [3.05, 3.63) is 64.2 Å². The van der Waals surface area contributed by atoms with Crippen molar-refractivity contribution in [1.29, 1.82) is 0 Å². The molecule has 0 saturated heterocycles. The molecular formula is C18H16N4O4S. The van der Waals surface area contributed by atoms with Gasteiger partial charge in [-0.15, -0.1) is 10.2 Å². The first kappa shape index (κ1) is 18.6. The minimum Gasteiger partial charge on any atom is -0.468 e. The minimum atomic E-state index is -0.452. The predicted octanol–water partition coefficient (Wildman–Crippen LogP) is 3.42. The first-order valence-corrected chi connectivity index (χ1v) is 8.95. The van der Waals surface area contributed by atoms with Crippen molar-refractivity contribution >= 4 is 23.4 Å². The van der Waals surface area contributed by atoms with Crippen LogP contribution in [0.15, 0.2) is 53.7 Å². The average Bonchev–Trinajstić information content (AvgIpc) is 3.10. The van der Waals surface area contributed by atoms with E-state index in [-0.39, 0.29) is 17.4 Å². The second-order valence-electron chi connectivity index (χ2n) is 5.65. The van der Waals surface area contributed by atoms with Gasteiger partial charge in [-0.3, -0.25) is 19.5 Å². The molecule has 138 valence electrons. The fourth-order valence-corrected chi connectivity index (χ4v) is 3.18. The number of carbonyl (C=O) groups excluding carboxylic acids is 1. The molecule has 0 fully saturated rings. The number of hydrogen-bond acceptors (Lipinski definition) is 7. The molecular weight excluding hydrogens is 368 g/mol. The van der Waals surface area contributed by atoms with E-state index in [1.807, 2.05) is 35.8 Å². The zero-order valence-electron chi connectivity index (χ0n) is 14.7. The van der Waals surface area contributed by atoms with Crippen molar-refractivity contribution in [3.8, 4) is 17.1 Å². The fourth-order valence-electron chi connectivity index (χ4n) is 2.39. The zero-order chi connectivity index (χ0) is 19.4. The lowest BCUT2D eigenvalue weighted by Gasteiger charge is -2.10. The summed E-state index contributed by atoms with van der Waals surface area (Å²) in [6.45, 7) is 1.99. The smallest absolute Gasteiger partial charge is 0.316 e. The summed E-state index contributed by atoms with van der Waals surface area (Å²) in [5.74, 6) is 0.261. The van der Waals surface area contributed by atoms with E-state index in [0.29, 0.717) is 16.5 Å². The molecule has 0 unspecified atom stereocenters. The van der Waals surface area contributed by atoms with Crippen LogP contribution >= 0.6 is 11.8 Å². The molecule has 1 aromatic heterocycles. The van der Waals surface area contributed by atoms with Gasteiger partial charge in [-0.2, -0.15) is 0 Å². The summed E-state index contributed by atoms with van der Waals surface area (Å²) in [6.07, 6.45) is 0. The molecule has 0 spiro atoms. The average molecular weight is 384 g/mol. The molecule has 0 saturated carbocycles. The standard InChI is InChI=1S/C18H16N4O4S/c1-12-3-7-14(8-4-12)21-17(13-5-9-15(10-6-13)22(24)25)19-20-18(21)27-11-16(23)26-2/h3-10H,11H2,1-2H3. The van der Waals surface area contributed by atoms with E-state index in [1.165, 1.54) is 31.0 Å². The number of rotatable bonds is 6. The van der Waals surface area contributed by atoms with Crippen LogP contribution in [0.1, 0.15) is 5.56 Å². The van der Waals surface area contributed by atoms with E-state index < -0.39 is 4.92 Å². The molecule has 0 N–H and O–H groups in total. The fraction of sp³-hybridized carbons (Fsp3) is 0.167. The van der Waals surface area contributed by atoms with Crippen LogP contribution in [-0.2, 0) is 9.53 Å². The van der Waals surface area contributed by atoms with Crippen molar-refractivity contribution in [2.75, 3.05) is 12.9 Å². The van der Waals surface area contributed by atoms with Crippen LogP contribution in [0, 0.1) is 17.0 Å². The third kappa shape index (κ3) is 4.14. The largest absolute Gasteiger partial charge is 0.468 e. The molecule has 9 heteroatoms. The molecule has 3 aromatic rings. The number of benzene rings is 2. The molecule has 0 aliphatic heterocycles. The Hall–Kier alpha value is -3.20. The van der Waals surface area contributed by atoms with Crippen molar-refractivity contribution in [2.24, 2.45) is 0 Å². The van der Waals surface area contributed by atoms with Gasteiger partial charge in [0.1, 0.15) is 0 Å². The number of hydrogen-bond donors (Lipinski definition) is 0. The number of nitro benzene ring substituents is 1. The van der Waals surface area contributed by atoms with E-state index in [1.54, 1.807) is 12.1 Å². The minimum absolute atomic E-state index is 0.000408. The SMILES string of the molecule is COC(=O)CSc1nnc(-c2ccc([N+](=O)[O-])cc2)n1-c1ccc(C)cc1. The third-order valence-corrected chi connectivity index (χ3v) is 4.71. The molecule has 0 atom stereocenters. The second kappa shape index (κ2) is 8.00. The van der Waals surface area contributed by atoms with Gasteiger partial charge in [0.05, 0.1) is 17.8 Å². The number of non-ortho nitro benzene ring substituents is 1. The second-order valence-corrected chi connectivity index (χ2v) is 6.59. The molecule has 0 aliphatic carbocycles. The van der Waals surface area contributed by atoms with E-state index in [9.17, 15) is 14.9 Å². The van der Waals surface area contributed by atoms with Crippen LogP contribution in [-0.4, -0.2) is 38.5 Å². The van der Waals surface area contributed by atoms with Gasteiger partial charge in [0, 0.05) is 23.4 Å². The number of aromatic nitrogens is 3. The summed E-state index contributed by atoms with van der Waals surface area (Å²) in [5.41, 5.74) is 2.61. The van der Waals surface area contributed by atoms with Crippen molar-refractivity contribution in [1.82, 2.24) is 14.8 Å². The Morgan fingerprint density at radius 3 is 2.41 bits per heavy atom. The Morgan fingerprint density at radius 2 is 1.81 bits per heavy atom. The summed E-state index contributed by atoms with van der Waals surface area (Å²) in [4.78, 5) is 21.9. The van der Waals surface area contributed by atoms with Gasteiger partial charge in [0.2, 0.25) is 0 Å². The maximum atomic E-state index is 11.5. The zero-order valence-corrected chi connectivity index (χ0v) is 15.5. The quantitative estimate of drug-likeness (QED) is 0.278. The summed E-state index contributed by atoms with van der Waals surface area (Å²) in [6, 6.07) is 13.9. The Morgan fingerprint density at radius 1 is 1.15 bits per heavy atom. The number of thioether (sulfide) groups is 1. The summed E-state index contributed by atoms with van der Waals surface area (Å²) >= 11 is 1.21. The highest BCUT2D eigenvalue weighted by Gasteiger charge is 2.18. The maximum absolute atomic E-state index is 11.5. The van der Waals surface area contributed by atoms with Crippen LogP contribution in [0.4, 0.5) is 5.69 Å². The van der Waals surface area contributed by atoms with Gasteiger partial charge < -0.3 is 4.74 Å². The molecule has 0 amide bonds. The number of nitrogens with zero attached hydrogens (tertiary/aromatic N) is 4. The molecule has 27 heavy (non-hydrogen) atoms.